The van der Waals surface area contributed by atoms with Crippen molar-refractivity contribution < 1.29 is 14.8 Å². The number of nitro benzene ring substituents is 1. The number of nitrogens with zero attached hydrogens (tertiary/aromatic N) is 3. The van der Waals surface area contributed by atoms with Gasteiger partial charge in [0.15, 0.2) is 0 Å². The molecule has 0 fully saturated rings. The van der Waals surface area contributed by atoms with Crippen LogP contribution in [0.2, 0.25) is 0 Å². The second-order valence-electron chi connectivity index (χ2n) is 4.92. The van der Waals surface area contributed by atoms with Gasteiger partial charge in [-0.15, -0.1) is 0 Å². The van der Waals surface area contributed by atoms with E-state index in [1.165, 1.54) is 12.1 Å². The third-order valence-electron chi connectivity index (χ3n) is 3.23. The molecular weight excluding hydrogens is 274 g/mol. The average Bonchev–Trinajstić information content (AvgIpc) is 2.45. The average molecular weight is 289 g/mol. The van der Waals surface area contributed by atoms with Gasteiger partial charge in [-0.25, -0.2) is 4.98 Å². The van der Waals surface area contributed by atoms with Crippen molar-refractivity contribution in [3.05, 3.63) is 40.4 Å². The summed E-state index contributed by atoms with van der Waals surface area (Å²) in [6.45, 7) is 1.96. The molecule has 1 aromatic heterocycles. The van der Waals surface area contributed by atoms with Crippen molar-refractivity contribution in [3.8, 4) is 0 Å². The van der Waals surface area contributed by atoms with Crippen LogP contribution in [-0.2, 0) is 4.79 Å². The van der Waals surface area contributed by atoms with Crippen molar-refractivity contribution in [1.29, 1.82) is 0 Å². The first-order chi connectivity index (χ1) is 9.88. The molecule has 0 amide bonds. The number of pyridine rings is 1. The monoisotopic (exact) mass is 289 g/mol. The van der Waals surface area contributed by atoms with E-state index < -0.39 is 16.8 Å². The van der Waals surface area contributed by atoms with Gasteiger partial charge in [0.05, 0.1) is 16.4 Å². The molecule has 7 nitrogen and oxygen atoms in total. The van der Waals surface area contributed by atoms with E-state index in [4.69, 9.17) is 5.11 Å². The van der Waals surface area contributed by atoms with Crippen LogP contribution in [0.15, 0.2) is 30.3 Å². The predicted molar refractivity (Wildman–Crippen MR) is 78.5 cm³/mol. The molecular formula is C14H15N3O4. The van der Waals surface area contributed by atoms with Crippen LogP contribution in [0.25, 0.3) is 10.9 Å². The molecule has 1 aromatic carbocycles. The summed E-state index contributed by atoms with van der Waals surface area (Å²) in [6, 6.07) is 7.92. The molecule has 0 saturated carbocycles. The first kappa shape index (κ1) is 14.7. The summed E-state index contributed by atoms with van der Waals surface area (Å²) in [5, 5.41) is 20.3. The maximum Gasteiger partial charge on any atom is 0.308 e. The van der Waals surface area contributed by atoms with Gasteiger partial charge in [0, 0.05) is 31.1 Å². The number of nitro groups is 1. The summed E-state index contributed by atoms with van der Waals surface area (Å²) in [4.78, 5) is 27.3. The zero-order valence-corrected chi connectivity index (χ0v) is 11.7. The lowest BCUT2D eigenvalue weighted by Gasteiger charge is -2.20. The van der Waals surface area contributed by atoms with E-state index in [0.717, 1.165) is 0 Å². The largest absolute Gasteiger partial charge is 0.481 e. The molecule has 21 heavy (non-hydrogen) atoms. The number of aromatic nitrogens is 1. The van der Waals surface area contributed by atoms with Crippen LogP contribution >= 0.6 is 0 Å². The van der Waals surface area contributed by atoms with E-state index >= 15 is 0 Å². The molecule has 1 heterocycles. The van der Waals surface area contributed by atoms with Crippen molar-refractivity contribution >= 4 is 28.4 Å². The summed E-state index contributed by atoms with van der Waals surface area (Å²) in [6.07, 6.45) is 0. The Labute approximate surface area is 121 Å². The first-order valence-electron chi connectivity index (χ1n) is 6.37. The second kappa shape index (κ2) is 5.74. The highest BCUT2D eigenvalue weighted by molar-refractivity contribution is 5.82. The Morgan fingerprint density at radius 2 is 2.14 bits per heavy atom. The maximum absolute atomic E-state index is 10.9. The Kier molecular flexibility index (Phi) is 4.02. The maximum atomic E-state index is 10.9. The molecule has 2 rings (SSSR count). The van der Waals surface area contributed by atoms with Gasteiger partial charge in [-0.2, -0.15) is 0 Å². The number of hydrogen-bond acceptors (Lipinski definition) is 5. The van der Waals surface area contributed by atoms with Gasteiger partial charge in [-0.05, 0) is 18.2 Å². The Morgan fingerprint density at radius 1 is 1.43 bits per heavy atom. The Morgan fingerprint density at radius 3 is 2.76 bits per heavy atom. The van der Waals surface area contributed by atoms with Crippen molar-refractivity contribution in [1.82, 2.24) is 4.98 Å². The molecule has 110 valence electrons. The lowest BCUT2D eigenvalue weighted by Crippen LogP contribution is -2.28. The highest BCUT2D eigenvalue weighted by Crippen LogP contribution is 2.22. The van der Waals surface area contributed by atoms with Crippen LogP contribution < -0.4 is 4.90 Å². The normalized spacial score (nSPS) is 12.1. The smallest absolute Gasteiger partial charge is 0.308 e. The summed E-state index contributed by atoms with van der Waals surface area (Å²) in [5.74, 6) is -0.743. The SMILES string of the molecule is CC(CN(C)c1ccc2cc([N+](=O)[O-])ccc2n1)C(=O)O. The van der Waals surface area contributed by atoms with Crippen molar-refractivity contribution in [2.45, 2.75) is 6.92 Å². The lowest BCUT2D eigenvalue weighted by molar-refractivity contribution is -0.384. The van der Waals surface area contributed by atoms with Gasteiger partial charge in [0.2, 0.25) is 0 Å². The molecule has 1 unspecified atom stereocenters. The number of benzene rings is 1. The number of non-ortho nitro benzene ring substituents is 1. The molecule has 0 bridgehead atoms. The summed E-state index contributed by atoms with van der Waals surface area (Å²) in [5.41, 5.74) is 0.651. The standard InChI is InChI=1S/C14H15N3O4/c1-9(14(18)19)8-16(2)13-6-3-10-7-11(17(20)21)4-5-12(10)15-13/h3-7,9H,8H2,1-2H3,(H,18,19). The number of rotatable bonds is 5. The third kappa shape index (κ3) is 3.25. The van der Waals surface area contributed by atoms with Gasteiger partial charge in [0.1, 0.15) is 5.82 Å². The highest BCUT2D eigenvalue weighted by Gasteiger charge is 2.15. The minimum Gasteiger partial charge on any atom is -0.481 e. The number of carbonyl (C=O) groups is 1. The zero-order valence-electron chi connectivity index (χ0n) is 11.7. The summed E-state index contributed by atoms with van der Waals surface area (Å²) >= 11 is 0. The molecule has 1 atom stereocenters. The van der Waals surface area contributed by atoms with Gasteiger partial charge >= 0.3 is 5.97 Å². The zero-order chi connectivity index (χ0) is 15.6. The highest BCUT2D eigenvalue weighted by atomic mass is 16.6. The Bertz CT molecular complexity index is 702. The Hall–Kier alpha value is -2.70. The second-order valence-corrected chi connectivity index (χ2v) is 4.92. The number of hydrogen-bond donors (Lipinski definition) is 1. The van der Waals surface area contributed by atoms with Crippen LogP contribution in [0.1, 0.15) is 6.92 Å². The number of carboxylic acid groups (broad SMARTS) is 1. The van der Waals surface area contributed by atoms with Crippen LogP contribution in [0.5, 0.6) is 0 Å². The topological polar surface area (TPSA) is 96.6 Å². The summed E-state index contributed by atoms with van der Waals surface area (Å²) < 4.78 is 0. The van der Waals surface area contributed by atoms with Crippen molar-refractivity contribution in [3.63, 3.8) is 0 Å². The van der Waals surface area contributed by atoms with E-state index in [0.29, 0.717) is 23.3 Å². The van der Waals surface area contributed by atoms with Gasteiger partial charge in [0.25, 0.3) is 5.69 Å². The fourth-order valence-electron chi connectivity index (χ4n) is 2.01. The fourth-order valence-corrected chi connectivity index (χ4v) is 2.01. The quantitative estimate of drug-likeness (QED) is 0.670. The fraction of sp³-hybridized carbons (Fsp3) is 0.286. The number of carboxylic acids is 1. The van der Waals surface area contributed by atoms with Gasteiger partial charge in [-0.3, -0.25) is 14.9 Å². The van der Waals surface area contributed by atoms with E-state index in [9.17, 15) is 14.9 Å². The molecule has 0 spiro atoms. The van der Waals surface area contributed by atoms with E-state index in [-0.39, 0.29) is 5.69 Å². The van der Waals surface area contributed by atoms with Crippen LogP contribution in [0.3, 0.4) is 0 Å². The molecule has 0 aliphatic heterocycles. The van der Waals surface area contributed by atoms with Crippen molar-refractivity contribution in [2.24, 2.45) is 5.92 Å². The Balaban J connectivity index is 2.28. The first-order valence-corrected chi connectivity index (χ1v) is 6.37. The van der Waals surface area contributed by atoms with Crippen molar-refractivity contribution in [2.75, 3.05) is 18.5 Å². The van der Waals surface area contributed by atoms with Gasteiger partial charge in [-0.1, -0.05) is 6.92 Å². The molecule has 2 aromatic rings. The van der Waals surface area contributed by atoms with Crippen LogP contribution in [-0.4, -0.2) is 34.6 Å². The molecule has 0 aliphatic carbocycles. The minimum absolute atomic E-state index is 0.0184. The lowest BCUT2D eigenvalue weighted by atomic mass is 10.1. The minimum atomic E-state index is -0.863. The molecule has 0 aliphatic rings. The van der Waals surface area contributed by atoms with E-state index in [1.807, 2.05) is 0 Å². The summed E-state index contributed by atoms with van der Waals surface area (Å²) in [7, 11) is 1.76. The molecule has 0 saturated heterocycles. The predicted octanol–water partition coefficient (Wildman–Crippen LogP) is 2.30. The van der Waals surface area contributed by atoms with Crippen LogP contribution in [0, 0.1) is 16.0 Å². The molecule has 0 radical (unpaired) electrons. The number of anilines is 1. The number of aliphatic carboxylic acids is 1. The van der Waals surface area contributed by atoms with Crippen LogP contribution in [0.4, 0.5) is 11.5 Å². The van der Waals surface area contributed by atoms with E-state index in [2.05, 4.69) is 4.98 Å². The number of fused-ring (bicyclic) bond motifs is 1. The third-order valence-corrected chi connectivity index (χ3v) is 3.23. The molecule has 1 N–H and O–H groups in total. The van der Waals surface area contributed by atoms with Gasteiger partial charge < -0.3 is 10.0 Å². The van der Waals surface area contributed by atoms with E-state index in [1.54, 1.807) is 37.1 Å². The molecule has 7 heteroatoms.